The van der Waals surface area contributed by atoms with Crippen molar-refractivity contribution in [2.45, 2.75) is 19.1 Å². The second kappa shape index (κ2) is 6.08. The Morgan fingerprint density at radius 1 is 1.35 bits per heavy atom. The maximum Gasteiger partial charge on any atom is 0.422 e. The molecule has 2 heterocycles. The van der Waals surface area contributed by atoms with Crippen LogP contribution >= 0.6 is 11.3 Å². The van der Waals surface area contributed by atoms with Gasteiger partial charge in [0.05, 0.1) is 29.1 Å². The van der Waals surface area contributed by atoms with Crippen molar-refractivity contribution >= 4 is 17.0 Å². The molecule has 0 amide bonds. The number of nitrogens with zero attached hydrogens (tertiary/aromatic N) is 2. The number of anilines is 1. The van der Waals surface area contributed by atoms with E-state index in [9.17, 15) is 13.2 Å². The number of pyridine rings is 1. The fourth-order valence-electron chi connectivity index (χ4n) is 1.47. The van der Waals surface area contributed by atoms with Gasteiger partial charge in [-0.25, -0.2) is 9.97 Å². The number of hydrogen-bond donors (Lipinski definition) is 1. The van der Waals surface area contributed by atoms with Gasteiger partial charge < -0.3 is 10.1 Å². The van der Waals surface area contributed by atoms with E-state index >= 15 is 0 Å². The van der Waals surface area contributed by atoms with E-state index in [1.165, 1.54) is 23.6 Å². The standard InChI is InChI=1S/C12H12F3N3OS/c1-8(10-5-20-7-17-10)18-9-2-3-11(16-4-9)19-6-12(13,14)15/h2-5,7-8,18H,6H2,1H3. The van der Waals surface area contributed by atoms with Gasteiger partial charge in [0.15, 0.2) is 6.61 Å². The largest absolute Gasteiger partial charge is 0.468 e. The Balaban J connectivity index is 1.91. The monoisotopic (exact) mass is 303 g/mol. The minimum atomic E-state index is -4.36. The van der Waals surface area contributed by atoms with Gasteiger partial charge in [-0.05, 0) is 13.0 Å². The Hall–Kier alpha value is -1.83. The van der Waals surface area contributed by atoms with Crippen LogP contribution in [0.5, 0.6) is 5.88 Å². The molecule has 0 aliphatic carbocycles. The minimum Gasteiger partial charge on any atom is -0.468 e. The Bertz CT molecular complexity index is 528. The zero-order valence-electron chi connectivity index (χ0n) is 10.5. The van der Waals surface area contributed by atoms with Crippen LogP contribution in [0.25, 0.3) is 0 Å². The third-order valence-corrected chi connectivity index (χ3v) is 3.00. The second-order valence-corrected chi connectivity index (χ2v) is 4.79. The van der Waals surface area contributed by atoms with Crippen molar-refractivity contribution in [2.24, 2.45) is 0 Å². The first kappa shape index (κ1) is 14.6. The Morgan fingerprint density at radius 3 is 2.70 bits per heavy atom. The van der Waals surface area contributed by atoms with Crippen molar-refractivity contribution in [1.82, 2.24) is 9.97 Å². The summed E-state index contributed by atoms with van der Waals surface area (Å²) in [6.07, 6.45) is -2.94. The molecule has 1 unspecified atom stereocenters. The number of aromatic nitrogens is 2. The number of thiazole rings is 1. The summed E-state index contributed by atoms with van der Waals surface area (Å²) in [5.41, 5.74) is 3.32. The highest BCUT2D eigenvalue weighted by molar-refractivity contribution is 7.07. The average Bonchev–Trinajstić information content (AvgIpc) is 2.91. The number of rotatable bonds is 5. The summed E-state index contributed by atoms with van der Waals surface area (Å²) in [6.45, 7) is 0.588. The van der Waals surface area contributed by atoms with Gasteiger partial charge in [-0.3, -0.25) is 0 Å². The quantitative estimate of drug-likeness (QED) is 0.916. The maximum absolute atomic E-state index is 12.0. The van der Waals surface area contributed by atoms with Crippen LogP contribution < -0.4 is 10.1 Å². The van der Waals surface area contributed by atoms with Crippen LogP contribution in [0.15, 0.2) is 29.2 Å². The molecule has 0 aliphatic rings. The lowest BCUT2D eigenvalue weighted by Crippen LogP contribution is -2.19. The molecular weight excluding hydrogens is 291 g/mol. The lowest BCUT2D eigenvalue weighted by Gasteiger charge is -2.13. The smallest absolute Gasteiger partial charge is 0.422 e. The van der Waals surface area contributed by atoms with Crippen molar-refractivity contribution in [3.05, 3.63) is 34.9 Å². The Morgan fingerprint density at radius 2 is 2.15 bits per heavy atom. The maximum atomic E-state index is 12.0. The highest BCUT2D eigenvalue weighted by Crippen LogP contribution is 2.21. The number of halogens is 3. The number of ether oxygens (including phenoxy) is 1. The molecule has 0 saturated carbocycles. The van der Waals surface area contributed by atoms with E-state index in [1.807, 2.05) is 12.3 Å². The van der Waals surface area contributed by atoms with Crippen LogP contribution in [0.3, 0.4) is 0 Å². The van der Waals surface area contributed by atoms with E-state index in [-0.39, 0.29) is 11.9 Å². The van der Waals surface area contributed by atoms with Crippen molar-refractivity contribution < 1.29 is 17.9 Å². The summed E-state index contributed by atoms with van der Waals surface area (Å²) in [7, 11) is 0. The zero-order valence-corrected chi connectivity index (χ0v) is 11.3. The number of nitrogens with one attached hydrogen (secondary N) is 1. The molecule has 0 spiro atoms. The van der Waals surface area contributed by atoms with Gasteiger partial charge in [-0.15, -0.1) is 11.3 Å². The third kappa shape index (κ3) is 4.37. The third-order valence-electron chi connectivity index (χ3n) is 2.40. The molecule has 0 aromatic carbocycles. The van der Waals surface area contributed by atoms with Crippen LogP contribution in [0, 0.1) is 0 Å². The van der Waals surface area contributed by atoms with Gasteiger partial charge in [-0.1, -0.05) is 0 Å². The Labute approximate surface area is 117 Å². The highest BCUT2D eigenvalue weighted by atomic mass is 32.1. The van der Waals surface area contributed by atoms with Crippen LogP contribution in [0.1, 0.15) is 18.7 Å². The van der Waals surface area contributed by atoms with Gasteiger partial charge in [0, 0.05) is 11.4 Å². The average molecular weight is 303 g/mol. The van der Waals surface area contributed by atoms with E-state index in [0.29, 0.717) is 5.69 Å². The molecule has 4 nitrogen and oxygen atoms in total. The molecule has 1 atom stereocenters. The van der Waals surface area contributed by atoms with Crippen molar-refractivity contribution in [1.29, 1.82) is 0 Å². The minimum absolute atomic E-state index is 0.00927. The van der Waals surface area contributed by atoms with Gasteiger partial charge >= 0.3 is 6.18 Å². The fourth-order valence-corrected chi connectivity index (χ4v) is 2.11. The van der Waals surface area contributed by atoms with E-state index in [4.69, 9.17) is 0 Å². The van der Waals surface area contributed by atoms with Crippen molar-refractivity contribution in [3.63, 3.8) is 0 Å². The van der Waals surface area contributed by atoms with E-state index in [2.05, 4.69) is 20.0 Å². The molecule has 0 fully saturated rings. The van der Waals surface area contributed by atoms with E-state index in [1.54, 1.807) is 11.6 Å². The van der Waals surface area contributed by atoms with Gasteiger partial charge in [0.2, 0.25) is 5.88 Å². The molecule has 0 aliphatic heterocycles. The highest BCUT2D eigenvalue weighted by Gasteiger charge is 2.28. The summed E-state index contributed by atoms with van der Waals surface area (Å²) >= 11 is 1.50. The first-order valence-electron chi connectivity index (χ1n) is 5.74. The molecule has 20 heavy (non-hydrogen) atoms. The molecule has 0 radical (unpaired) electrons. The molecule has 1 N–H and O–H groups in total. The molecule has 2 aromatic rings. The molecule has 0 bridgehead atoms. The molecule has 2 aromatic heterocycles. The summed E-state index contributed by atoms with van der Waals surface area (Å²) in [5.74, 6) is -0.0609. The summed E-state index contributed by atoms with van der Waals surface area (Å²) < 4.78 is 40.5. The summed E-state index contributed by atoms with van der Waals surface area (Å²) in [5, 5.41) is 5.07. The second-order valence-electron chi connectivity index (χ2n) is 4.07. The molecule has 0 saturated heterocycles. The molecular formula is C12H12F3N3OS. The van der Waals surface area contributed by atoms with Crippen LogP contribution in [-0.2, 0) is 0 Å². The summed E-state index contributed by atoms with van der Waals surface area (Å²) in [4.78, 5) is 7.99. The predicted octanol–water partition coefficient (Wildman–Crippen LogP) is 3.65. The Kier molecular flexibility index (Phi) is 4.43. The van der Waals surface area contributed by atoms with Gasteiger partial charge in [0.25, 0.3) is 0 Å². The lowest BCUT2D eigenvalue weighted by molar-refractivity contribution is -0.154. The molecule has 8 heteroatoms. The first-order chi connectivity index (χ1) is 9.44. The van der Waals surface area contributed by atoms with Gasteiger partial charge in [-0.2, -0.15) is 13.2 Å². The predicted molar refractivity (Wildman–Crippen MR) is 69.9 cm³/mol. The molecule has 2 rings (SSSR count). The van der Waals surface area contributed by atoms with Crippen LogP contribution in [0.4, 0.5) is 18.9 Å². The number of alkyl halides is 3. The SMILES string of the molecule is CC(Nc1ccc(OCC(F)(F)F)nc1)c1cscn1. The topological polar surface area (TPSA) is 47.0 Å². The van der Waals surface area contributed by atoms with Crippen molar-refractivity contribution in [2.75, 3.05) is 11.9 Å². The number of hydrogen-bond acceptors (Lipinski definition) is 5. The summed E-state index contributed by atoms with van der Waals surface area (Å²) in [6, 6.07) is 2.99. The molecule has 108 valence electrons. The van der Waals surface area contributed by atoms with Gasteiger partial charge in [0.1, 0.15) is 0 Å². The van der Waals surface area contributed by atoms with Crippen molar-refractivity contribution in [3.8, 4) is 5.88 Å². The van der Waals surface area contributed by atoms with Crippen LogP contribution in [0.2, 0.25) is 0 Å². The lowest BCUT2D eigenvalue weighted by atomic mass is 10.2. The zero-order chi connectivity index (χ0) is 14.6. The fraction of sp³-hybridized carbons (Fsp3) is 0.333. The first-order valence-corrected chi connectivity index (χ1v) is 6.68. The van der Waals surface area contributed by atoms with Crippen LogP contribution in [-0.4, -0.2) is 22.8 Å². The normalized spacial score (nSPS) is 13.0. The van der Waals surface area contributed by atoms with E-state index < -0.39 is 12.8 Å². The van der Waals surface area contributed by atoms with E-state index in [0.717, 1.165) is 5.69 Å².